The average molecular weight is 556 g/mol. The Bertz CT molecular complexity index is 1190. The first kappa shape index (κ1) is 28.7. The lowest BCUT2D eigenvalue weighted by Gasteiger charge is -2.58. The van der Waals surface area contributed by atoms with Crippen molar-refractivity contribution in [1.29, 1.82) is 0 Å². The molecule has 3 fully saturated rings. The third kappa shape index (κ3) is 5.67. The molecule has 0 amide bonds. The van der Waals surface area contributed by atoms with E-state index in [-0.39, 0.29) is 29.0 Å². The average Bonchev–Trinajstić information content (AvgIpc) is 3.31. The number of ether oxygens (including phenoxy) is 1. The fourth-order valence-electron chi connectivity index (χ4n) is 9.88. The lowest BCUT2D eigenvalue weighted by atomic mass is 9.47. The van der Waals surface area contributed by atoms with Crippen LogP contribution in [0.2, 0.25) is 0 Å². The molecule has 220 valence electrons. The van der Waals surface area contributed by atoms with Gasteiger partial charge in [0.25, 0.3) is 0 Å². The molecule has 0 radical (unpaired) electrons. The minimum absolute atomic E-state index is 0.110. The van der Waals surface area contributed by atoms with Gasteiger partial charge in [-0.3, -0.25) is 9.69 Å². The molecule has 8 atom stereocenters. The molecule has 2 aromatic rings. The Hall–Kier alpha value is -2.43. The highest BCUT2D eigenvalue weighted by atomic mass is 16.5. The van der Waals surface area contributed by atoms with Gasteiger partial charge in [-0.15, -0.1) is 0 Å². The number of allylic oxidation sites excluding steroid dienone is 1. The molecule has 4 aliphatic carbocycles. The van der Waals surface area contributed by atoms with Crippen LogP contribution in [0.5, 0.6) is 0 Å². The minimum Gasteiger partial charge on any atom is -0.461 e. The molecule has 0 heterocycles. The molecular weight excluding hydrogens is 506 g/mol. The predicted molar refractivity (Wildman–Crippen MR) is 164 cm³/mol. The molecule has 8 unspecified atom stereocenters. The minimum atomic E-state index is -0.159. The van der Waals surface area contributed by atoms with Gasteiger partial charge in [-0.05, 0) is 91.1 Å². The van der Waals surface area contributed by atoms with Crippen molar-refractivity contribution in [2.45, 2.75) is 97.4 Å². The molecule has 0 spiro atoms. The van der Waals surface area contributed by atoms with Crippen LogP contribution in [0, 0.1) is 34.5 Å². The molecular formula is C37H49NO3. The van der Waals surface area contributed by atoms with Crippen molar-refractivity contribution >= 4 is 5.97 Å². The third-order valence-corrected chi connectivity index (χ3v) is 11.9. The molecule has 4 heteroatoms. The Morgan fingerprint density at radius 1 is 0.927 bits per heavy atom. The van der Waals surface area contributed by atoms with Crippen LogP contribution >= 0.6 is 0 Å². The zero-order valence-electron chi connectivity index (χ0n) is 25.3. The topological polar surface area (TPSA) is 49.8 Å². The van der Waals surface area contributed by atoms with Crippen LogP contribution in [0.4, 0.5) is 0 Å². The molecule has 0 aliphatic heterocycles. The van der Waals surface area contributed by atoms with Crippen LogP contribution in [0.3, 0.4) is 0 Å². The number of benzene rings is 2. The van der Waals surface area contributed by atoms with Crippen molar-refractivity contribution in [3.8, 4) is 0 Å². The summed E-state index contributed by atoms with van der Waals surface area (Å²) in [6.07, 6.45) is 11.2. The Morgan fingerprint density at radius 3 is 2.22 bits per heavy atom. The van der Waals surface area contributed by atoms with Gasteiger partial charge in [-0.25, -0.2) is 0 Å². The summed E-state index contributed by atoms with van der Waals surface area (Å²) >= 11 is 0. The van der Waals surface area contributed by atoms with Gasteiger partial charge in [0.15, 0.2) is 0 Å². The van der Waals surface area contributed by atoms with Crippen LogP contribution in [0.15, 0.2) is 72.3 Å². The summed E-state index contributed by atoms with van der Waals surface area (Å²) < 4.78 is 6.29. The van der Waals surface area contributed by atoms with Gasteiger partial charge in [0.1, 0.15) is 6.10 Å². The van der Waals surface area contributed by atoms with E-state index in [1.165, 1.54) is 36.0 Å². The van der Waals surface area contributed by atoms with Crippen molar-refractivity contribution in [3.63, 3.8) is 0 Å². The highest BCUT2D eigenvalue weighted by Crippen LogP contribution is 2.66. The van der Waals surface area contributed by atoms with E-state index in [9.17, 15) is 9.90 Å². The smallest absolute Gasteiger partial charge is 0.302 e. The van der Waals surface area contributed by atoms with Crippen molar-refractivity contribution in [1.82, 2.24) is 4.90 Å². The Morgan fingerprint density at radius 2 is 1.59 bits per heavy atom. The van der Waals surface area contributed by atoms with E-state index in [4.69, 9.17) is 4.74 Å². The number of hydrogen-bond acceptors (Lipinski definition) is 4. The van der Waals surface area contributed by atoms with Crippen LogP contribution in [-0.2, 0) is 22.6 Å². The number of carbonyl (C=O) groups excluding carboxylic acids is 1. The fourth-order valence-corrected chi connectivity index (χ4v) is 9.88. The number of hydrogen-bond donors (Lipinski definition) is 1. The van der Waals surface area contributed by atoms with Crippen LogP contribution < -0.4 is 0 Å². The zero-order valence-corrected chi connectivity index (χ0v) is 25.3. The van der Waals surface area contributed by atoms with Crippen LogP contribution in [0.1, 0.15) is 83.3 Å². The summed E-state index contributed by atoms with van der Waals surface area (Å²) in [5.41, 5.74) is 4.54. The molecule has 3 saturated carbocycles. The molecule has 6 rings (SSSR count). The molecule has 0 aromatic heterocycles. The number of rotatable bonds is 8. The molecule has 1 N–H and O–H groups in total. The van der Waals surface area contributed by atoms with E-state index in [2.05, 4.69) is 85.5 Å². The van der Waals surface area contributed by atoms with E-state index in [0.717, 1.165) is 51.7 Å². The maximum atomic E-state index is 12.6. The monoisotopic (exact) mass is 555 g/mol. The maximum absolute atomic E-state index is 12.6. The van der Waals surface area contributed by atoms with Gasteiger partial charge in [-0.1, -0.05) is 86.2 Å². The molecule has 2 aromatic carbocycles. The van der Waals surface area contributed by atoms with E-state index in [1.807, 2.05) is 0 Å². The molecule has 41 heavy (non-hydrogen) atoms. The second kappa shape index (κ2) is 11.7. The van der Waals surface area contributed by atoms with Gasteiger partial charge < -0.3 is 9.84 Å². The van der Waals surface area contributed by atoms with Crippen molar-refractivity contribution < 1.29 is 14.6 Å². The number of nitrogens with zero attached hydrogens (tertiary/aromatic N) is 1. The van der Waals surface area contributed by atoms with E-state index >= 15 is 0 Å². The first-order chi connectivity index (χ1) is 19.8. The Labute approximate surface area is 247 Å². The van der Waals surface area contributed by atoms with E-state index in [0.29, 0.717) is 23.7 Å². The summed E-state index contributed by atoms with van der Waals surface area (Å²) in [6, 6.07) is 21.4. The van der Waals surface area contributed by atoms with Crippen LogP contribution in [0.25, 0.3) is 0 Å². The number of carbonyl (C=O) groups is 1. The molecule has 0 saturated heterocycles. The summed E-state index contributed by atoms with van der Waals surface area (Å²) in [7, 11) is 0. The van der Waals surface area contributed by atoms with Crippen LogP contribution in [-0.4, -0.2) is 34.7 Å². The lowest BCUT2D eigenvalue weighted by Crippen LogP contribution is -2.52. The third-order valence-electron chi connectivity index (χ3n) is 11.9. The van der Waals surface area contributed by atoms with Gasteiger partial charge in [0, 0.05) is 32.5 Å². The number of aliphatic hydroxyl groups is 1. The standard InChI is InChI=1S/C37H49NO3/c1-26(39)41-35(25-38(23-27-10-6-4-7-11-27)24-28-12-8-5-9-13-28)34-17-16-32-31-15-14-29-22-30(40)18-20-36(29,2)33(31)19-21-37(32,34)3/h4-14,30-35,40H,15-25H2,1-3H3. The summed E-state index contributed by atoms with van der Waals surface area (Å²) in [5, 5.41) is 10.4. The van der Waals surface area contributed by atoms with Crippen molar-refractivity contribution in [2.75, 3.05) is 6.54 Å². The normalized spacial score (nSPS) is 35.1. The highest BCUT2D eigenvalue weighted by Gasteiger charge is 2.60. The second-order valence-electron chi connectivity index (χ2n) is 14.2. The zero-order chi connectivity index (χ0) is 28.6. The molecule has 4 aliphatic rings. The first-order valence-electron chi connectivity index (χ1n) is 16.1. The number of esters is 1. The summed E-state index contributed by atoms with van der Waals surface area (Å²) in [5.74, 6) is 2.30. The predicted octanol–water partition coefficient (Wildman–Crippen LogP) is 7.56. The Balaban J connectivity index is 1.25. The van der Waals surface area contributed by atoms with Crippen molar-refractivity contribution in [3.05, 3.63) is 83.4 Å². The van der Waals surface area contributed by atoms with Crippen molar-refractivity contribution in [2.24, 2.45) is 34.5 Å². The number of aliphatic hydroxyl groups excluding tert-OH is 1. The van der Waals surface area contributed by atoms with Gasteiger partial charge in [-0.2, -0.15) is 0 Å². The summed E-state index contributed by atoms with van der Waals surface area (Å²) in [4.78, 5) is 15.0. The molecule has 4 nitrogen and oxygen atoms in total. The van der Waals surface area contributed by atoms with E-state index in [1.54, 1.807) is 6.92 Å². The fraction of sp³-hybridized carbons (Fsp3) is 0.595. The number of fused-ring (bicyclic) bond motifs is 5. The summed E-state index contributed by atoms with van der Waals surface area (Å²) in [6.45, 7) is 9.05. The van der Waals surface area contributed by atoms with E-state index < -0.39 is 0 Å². The lowest BCUT2D eigenvalue weighted by molar-refractivity contribution is -0.155. The second-order valence-corrected chi connectivity index (χ2v) is 14.2. The SMILES string of the molecule is CC(=O)OC(CN(Cc1ccccc1)Cc1ccccc1)C1CCC2C3CC=C4CC(O)CCC4(C)C3CCC12C. The molecule has 0 bridgehead atoms. The van der Waals surface area contributed by atoms with Gasteiger partial charge in [0.05, 0.1) is 6.10 Å². The largest absolute Gasteiger partial charge is 0.461 e. The highest BCUT2D eigenvalue weighted by molar-refractivity contribution is 5.66. The first-order valence-corrected chi connectivity index (χ1v) is 16.1. The van der Waals surface area contributed by atoms with Gasteiger partial charge >= 0.3 is 5.97 Å². The maximum Gasteiger partial charge on any atom is 0.302 e. The van der Waals surface area contributed by atoms with Gasteiger partial charge in [0.2, 0.25) is 0 Å². The Kier molecular flexibility index (Phi) is 8.17. The quantitative estimate of drug-likeness (QED) is 0.270.